The number of hydrogen-bond donors (Lipinski definition) is 2. The molecular weight excluding hydrogens is 268 g/mol. The summed E-state index contributed by atoms with van der Waals surface area (Å²) in [6, 6.07) is 7.68. The quantitative estimate of drug-likeness (QED) is 0.852. The third-order valence-corrected chi connectivity index (χ3v) is 3.51. The first-order chi connectivity index (χ1) is 10.3. The molecule has 1 aliphatic carbocycles. The van der Waals surface area contributed by atoms with E-state index >= 15 is 0 Å². The Morgan fingerprint density at radius 3 is 3.00 bits per heavy atom. The second-order valence-corrected chi connectivity index (χ2v) is 5.17. The molecule has 1 aliphatic rings. The Bertz CT molecular complexity index is 634. The van der Waals surface area contributed by atoms with E-state index in [1.165, 1.54) is 0 Å². The number of methoxy groups -OCH3 is 1. The summed E-state index contributed by atoms with van der Waals surface area (Å²) >= 11 is 0. The van der Waals surface area contributed by atoms with Crippen LogP contribution in [-0.4, -0.2) is 34.8 Å². The average Bonchev–Trinajstić information content (AvgIpc) is 3.23. The fourth-order valence-electron chi connectivity index (χ4n) is 2.17. The molecule has 2 aromatic rings. The molecule has 0 bridgehead atoms. The van der Waals surface area contributed by atoms with Crippen molar-refractivity contribution in [3.8, 4) is 0 Å². The number of carbonyl (C=O) groups is 1. The van der Waals surface area contributed by atoms with Gasteiger partial charge in [0.2, 0.25) is 5.82 Å². The van der Waals surface area contributed by atoms with Gasteiger partial charge in [0.15, 0.2) is 0 Å². The molecule has 1 fully saturated rings. The van der Waals surface area contributed by atoms with Crippen LogP contribution in [0, 0.1) is 0 Å². The number of nitrogens with one attached hydrogen (secondary N) is 2. The summed E-state index contributed by atoms with van der Waals surface area (Å²) in [6.07, 6.45) is 2.99. The van der Waals surface area contributed by atoms with Gasteiger partial charge in [-0.05, 0) is 30.9 Å². The molecule has 1 aromatic carbocycles. The molecule has 1 amide bonds. The Labute approximate surface area is 122 Å². The number of aromatic nitrogens is 3. The van der Waals surface area contributed by atoms with Crippen molar-refractivity contribution < 1.29 is 9.53 Å². The fourth-order valence-corrected chi connectivity index (χ4v) is 2.17. The first-order valence-corrected chi connectivity index (χ1v) is 7.08. The zero-order chi connectivity index (χ0) is 14.7. The lowest BCUT2D eigenvalue weighted by Gasteiger charge is -2.09. The molecule has 0 saturated heterocycles. The number of benzene rings is 1. The van der Waals surface area contributed by atoms with E-state index in [9.17, 15) is 4.79 Å². The topological polar surface area (TPSA) is 79.9 Å². The maximum absolute atomic E-state index is 12.2. The molecule has 1 saturated carbocycles. The average molecular weight is 286 g/mol. The van der Waals surface area contributed by atoms with Gasteiger partial charge >= 0.3 is 0 Å². The molecule has 0 unspecified atom stereocenters. The molecule has 6 heteroatoms. The van der Waals surface area contributed by atoms with Crippen LogP contribution >= 0.6 is 0 Å². The monoisotopic (exact) mass is 286 g/mol. The zero-order valence-electron chi connectivity index (χ0n) is 11.9. The fraction of sp³-hybridized carbons (Fsp3) is 0.400. The van der Waals surface area contributed by atoms with Gasteiger partial charge in [-0.1, -0.05) is 18.2 Å². The van der Waals surface area contributed by atoms with E-state index < -0.39 is 0 Å². The molecule has 1 heterocycles. The van der Waals surface area contributed by atoms with Crippen LogP contribution in [0.1, 0.15) is 40.8 Å². The van der Waals surface area contributed by atoms with Gasteiger partial charge in [-0.25, -0.2) is 4.98 Å². The highest BCUT2D eigenvalue weighted by Gasteiger charge is 2.28. The van der Waals surface area contributed by atoms with Crippen LogP contribution in [0.3, 0.4) is 0 Å². The number of carbonyl (C=O) groups excluding carboxylic acids is 1. The van der Waals surface area contributed by atoms with Gasteiger partial charge in [0.25, 0.3) is 5.91 Å². The lowest BCUT2D eigenvalue weighted by atomic mass is 10.1. The highest BCUT2D eigenvalue weighted by Crippen LogP contribution is 2.37. The molecule has 0 aliphatic heterocycles. The molecule has 3 rings (SSSR count). The van der Waals surface area contributed by atoms with Crippen molar-refractivity contribution in [1.29, 1.82) is 0 Å². The molecule has 2 N–H and O–H groups in total. The molecule has 0 radical (unpaired) electrons. The molecule has 6 nitrogen and oxygen atoms in total. The van der Waals surface area contributed by atoms with Crippen molar-refractivity contribution in [3.63, 3.8) is 0 Å². The summed E-state index contributed by atoms with van der Waals surface area (Å²) < 4.78 is 5.08. The largest absolute Gasteiger partial charge is 0.384 e. The minimum atomic E-state index is -0.289. The third kappa shape index (κ3) is 3.28. The van der Waals surface area contributed by atoms with E-state index in [4.69, 9.17) is 4.74 Å². The van der Waals surface area contributed by atoms with Crippen LogP contribution in [0.15, 0.2) is 24.3 Å². The highest BCUT2D eigenvalue weighted by molar-refractivity contribution is 6.01. The summed E-state index contributed by atoms with van der Waals surface area (Å²) in [5.74, 6) is 1.17. The number of anilines is 1. The number of ether oxygens (including phenoxy) is 1. The second-order valence-electron chi connectivity index (χ2n) is 5.17. The first kappa shape index (κ1) is 13.8. The number of rotatable bonds is 6. The first-order valence-electron chi connectivity index (χ1n) is 7.08. The van der Waals surface area contributed by atoms with Crippen molar-refractivity contribution in [2.75, 3.05) is 19.0 Å². The van der Waals surface area contributed by atoms with Gasteiger partial charge in [0.1, 0.15) is 5.82 Å². The van der Waals surface area contributed by atoms with E-state index in [2.05, 4.69) is 20.5 Å². The van der Waals surface area contributed by atoms with Gasteiger partial charge in [-0.3, -0.25) is 9.89 Å². The van der Waals surface area contributed by atoms with E-state index in [0.717, 1.165) is 36.3 Å². The predicted molar refractivity (Wildman–Crippen MR) is 78.3 cm³/mol. The SMILES string of the molecule is COCCc1ccccc1NC(=O)c1n[nH]c(C2CC2)n1. The van der Waals surface area contributed by atoms with E-state index in [-0.39, 0.29) is 11.7 Å². The lowest BCUT2D eigenvalue weighted by molar-refractivity contribution is 0.101. The van der Waals surface area contributed by atoms with Crippen LogP contribution in [-0.2, 0) is 11.2 Å². The summed E-state index contributed by atoms with van der Waals surface area (Å²) in [7, 11) is 1.66. The predicted octanol–water partition coefficient (Wildman–Crippen LogP) is 2.12. The van der Waals surface area contributed by atoms with Crippen LogP contribution in [0.4, 0.5) is 5.69 Å². The van der Waals surface area contributed by atoms with Crippen molar-refractivity contribution in [2.45, 2.75) is 25.2 Å². The summed E-state index contributed by atoms with van der Waals surface area (Å²) in [4.78, 5) is 16.5. The number of H-pyrrole nitrogens is 1. The number of aromatic amines is 1. The van der Waals surface area contributed by atoms with Crippen LogP contribution in [0.5, 0.6) is 0 Å². The highest BCUT2D eigenvalue weighted by atomic mass is 16.5. The Hall–Kier alpha value is -2.21. The summed E-state index contributed by atoms with van der Waals surface area (Å²) in [6.45, 7) is 0.610. The van der Waals surface area contributed by atoms with Gasteiger partial charge in [-0.15, -0.1) is 5.10 Å². The van der Waals surface area contributed by atoms with Crippen LogP contribution < -0.4 is 5.32 Å². The van der Waals surface area contributed by atoms with Crippen molar-refractivity contribution >= 4 is 11.6 Å². The lowest BCUT2D eigenvalue weighted by Crippen LogP contribution is -2.15. The number of amides is 1. The molecule has 110 valence electrons. The van der Waals surface area contributed by atoms with Crippen molar-refractivity contribution in [1.82, 2.24) is 15.2 Å². The second kappa shape index (κ2) is 6.05. The normalized spacial score (nSPS) is 14.1. The number of hydrogen-bond acceptors (Lipinski definition) is 4. The summed E-state index contributed by atoms with van der Waals surface area (Å²) in [5.41, 5.74) is 1.81. The van der Waals surface area contributed by atoms with Gasteiger partial charge < -0.3 is 10.1 Å². The van der Waals surface area contributed by atoms with Crippen molar-refractivity contribution in [3.05, 3.63) is 41.5 Å². The van der Waals surface area contributed by atoms with Crippen molar-refractivity contribution in [2.24, 2.45) is 0 Å². The maximum Gasteiger partial charge on any atom is 0.295 e. The van der Waals surface area contributed by atoms with Gasteiger partial charge in [0, 0.05) is 18.7 Å². The zero-order valence-corrected chi connectivity index (χ0v) is 11.9. The van der Waals surface area contributed by atoms with E-state index in [1.54, 1.807) is 7.11 Å². The van der Waals surface area contributed by atoms with Gasteiger partial charge in [-0.2, -0.15) is 0 Å². The molecule has 0 atom stereocenters. The van der Waals surface area contributed by atoms with Gasteiger partial charge in [0.05, 0.1) is 6.61 Å². The third-order valence-electron chi connectivity index (χ3n) is 3.51. The van der Waals surface area contributed by atoms with Crippen LogP contribution in [0.2, 0.25) is 0 Å². The standard InChI is InChI=1S/C15H18N4O2/c1-21-9-8-10-4-2-3-5-12(10)16-15(20)14-17-13(18-19-14)11-6-7-11/h2-5,11H,6-9H2,1H3,(H,16,20)(H,17,18,19). The Balaban J connectivity index is 1.71. The minimum Gasteiger partial charge on any atom is -0.384 e. The summed E-state index contributed by atoms with van der Waals surface area (Å²) in [5, 5.41) is 9.70. The van der Waals surface area contributed by atoms with E-state index in [0.29, 0.717) is 12.5 Å². The number of para-hydroxylation sites is 1. The molecule has 1 aromatic heterocycles. The van der Waals surface area contributed by atoms with E-state index in [1.807, 2.05) is 24.3 Å². The Morgan fingerprint density at radius 2 is 2.24 bits per heavy atom. The Kier molecular flexibility index (Phi) is 3.96. The Morgan fingerprint density at radius 1 is 1.43 bits per heavy atom. The molecule has 0 spiro atoms. The van der Waals surface area contributed by atoms with Crippen LogP contribution in [0.25, 0.3) is 0 Å². The molecule has 21 heavy (non-hydrogen) atoms. The maximum atomic E-state index is 12.2. The minimum absolute atomic E-state index is 0.193. The number of nitrogens with zero attached hydrogens (tertiary/aromatic N) is 2. The molecular formula is C15H18N4O2. The smallest absolute Gasteiger partial charge is 0.295 e.